The van der Waals surface area contributed by atoms with Gasteiger partial charge in [-0.1, -0.05) is 72.0 Å². The van der Waals surface area contributed by atoms with Gasteiger partial charge in [0.2, 0.25) is 17.7 Å². The van der Waals surface area contributed by atoms with E-state index in [4.69, 9.17) is 35.2 Å². The van der Waals surface area contributed by atoms with Gasteiger partial charge in [-0.05, 0) is 82.7 Å². The lowest BCUT2D eigenvalue weighted by atomic mass is 9.77. The molecule has 0 fully saturated rings. The highest BCUT2D eigenvalue weighted by Gasteiger charge is 2.37. The SMILES string of the molecule is CCN=C1C=CC2=C(c3ccc(C(=O)NCCCn4nnc5c4-c4ccccc4N(C(=O)CCC(=O)NCCOCCOCCOCCOCCOCCC(N)=O)Cc4ccccc4-5)cc3)c3ccc(N)c(S(=O)(=O)O)c3CC2=C1S(=O)(=O)O. The van der Waals surface area contributed by atoms with Crippen LogP contribution < -0.4 is 27.0 Å². The normalized spacial score (nSPS) is 14.3. The number of anilines is 2. The first kappa shape index (κ1) is 62.3. The Balaban J connectivity index is 0.854. The average molecular weight is 1190 g/mol. The number of primary amides is 1. The number of aryl methyl sites for hydroxylation is 1. The molecular formula is C58H67N9O15S2. The molecule has 8 rings (SSSR count). The summed E-state index contributed by atoms with van der Waals surface area (Å²) in [5.41, 5.74) is 17.0. The fraction of sp³-hybridized carbons (Fsp3) is 0.362. The summed E-state index contributed by atoms with van der Waals surface area (Å²) >= 11 is 0. The lowest BCUT2D eigenvalue weighted by molar-refractivity contribution is -0.125. The number of nitrogens with two attached hydrogens (primary N) is 2. The first-order valence-electron chi connectivity index (χ1n) is 27.3. The van der Waals surface area contributed by atoms with E-state index in [-0.39, 0.29) is 105 Å². The molecule has 8 N–H and O–H groups in total. The van der Waals surface area contributed by atoms with Crippen LogP contribution in [-0.4, -0.2) is 156 Å². The molecule has 4 aromatic carbocycles. The summed E-state index contributed by atoms with van der Waals surface area (Å²) in [6, 6.07) is 24.4. The number of nitrogens with one attached hydrogen (secondary N) is 2. The van der Waals surface area contributed by atoms with Crippen molar-refractivity contribution in [3.8, 4) is 22.5 Å². The number of benzene rings is 4. The van der Waals surface area contributed by atoms with Gasteiger partial charge in [-0.2, -0.15) is 16.8 Å². The van der Waals surface area contributed by atoms with E-state index < -0.39 is 41.9 Å². The van der Waals surface area contributed by atoms with Gasteiger partial charge in [-0.25, -0.2) is 4.68 Å². The lowest BCUT2D eigenvalue weighted by Crippen LogP contribution is -2.34. The first-order chi connectivity index (χ1) is 40.5. The number of carbonyl (C=O) groups is 4. The summed E-state index contributed by atoms with van der Waals surface area (Å²) < 4.78 is 101. The van der Waals surface area contributed by atoms with Crippen molar-refractivity contribution in [3.63, 3.8) is 0 Å². The second kappa shape index (κ2) is 29.1. The second-order valence-corrected chi connectivity index (χ2v) is 22.1. The molecule has 0 saturated carbocycles. The van der Waals surface area contributed by atoms with Gasteiger partial charge in [0, 0.05) is 68.6 Å². The van der Waals surface area contributed by atoms with Gasteiger partial charge in [0.25, 0.3) is 26.1 Å². The van der Waals surface area contributed by atoms with Crippen LogP contribution in [0.5, 0.6) is 0 Å². The second-order valence-electron chi connectivity index (χ2n) is 19.4. The van der Waals surface area contributed by atoms with Crippen molar-refractivity contribution in [1.29, 1.82) is 0 Å². The molecule has 0 atom stereocenters. The van der Waals surface area contributed by atoms with Crippen molar-refractivity contribution in [2.24, 2.45) is 10.7 Å². The van der Waals surface area contributed by atoms with E-state index in [1.807, 2.05) is 48.5 Å². The van der Waals surface area contributed by atoms with Crippen LogP contribution >= 0.6 is 0 Å². The molecule has 4 amide bonds. The zero-order valence-corrected chi connectivity index (χ0v) is 47.9. The van der Waals surface area contributed by atoms with Crippen molar-refractivity contribution in [1.82, 2.24) is 25.6 Å². The number of para-hydroxylation sites is 1. The smallest absolute Gasteiger partial charge is 0.296 e. The molecule has 446 valence electrons. The van der Waals surface area contributed by atoms with Gasteiger partial charge in [0.05, 0.1) is 95.4 Å². The van der Waals surface area contributed by atoms with Crippen LogP contribution in [0.1, 0.15) is 65.2 Å². The Morgan fingerprint density at radius 1 is 0.702 bits per heavy atom. The van der Waals surface area contributed by atoms with Gasteiger partial charge >= 0.3 is 0 Å². The number of fused-ring (bicyclic) bond motifs is 7. The van der Waals surface area contributed by atoms with E-state index in [0.29, 0.717) is 111 Å². The number of aromatic nitrogens is 3. The van der Waals surface area contributed by atoms with Crippen LogP contribution in [0.15, 0.2) is 123 Å². The van der Waals surface area contributed by atoms with E-state index in [2.05, 4.69) is 25.9 Å². The van der Waals surface area contributed by atoms with Crippen molar-refractivity contribution in [3.05, 3.63) is 141 Å². The Hall–Kier alpha value is -7.79. The highest BCUT2D eigenvalue weighted by atomic mass is 32.2. The van der Waals surface area contributed by atoms with E-state index in [1.165, 1.54) is 12.1 Å². The maximum Gasteiger partial charge on any atom is 0.296 e. The van der Waals surface area contributed by atoms with E-state index in [0.717, 1.165) is 11.1 Å². The molecule has 1 aromatic heterocycles. The molecule has 0 saturated heterocycles. The minimum Gasteiger partial charge on any atom is -0.398 e. The van der Waals surface area contributed by atoms with Gasteiger partial charge in [-0.15, -0.1) is 5.10 Å². The molecule has 0 spiro atoms. The summed E-state index contributed by atoms with van der Waals surface area (Å²) in [4.78, 5) is 56.4. The summed E-state index contributed by atoms with van der Waals surface area (Å²) in [6.45, 7) is 6.37. The fourth-order valence-corrected chi connectivity index (χ4v) is 11.7. The largest absolute Gasteiger partial charge is 0.398 e. The number of ether oxygens (including phenoxy) is 5. The van der Waals surface area contributed by atoms with Gasteiger partial charge in [0.15, 0.2) is 0 Å². The van der Waals surface area contributed by atoms with Gasteiger partial charge in [0.1, 0.15) is 15.5 Å². The molecular weight excluding hydrogens is 1130 g/mol. The number of rotatable bonds is 30. The molecule has 2 aliphatic carbocycles. The van der Waals surface area contributed by atoms with Gasteiger partial charge in [-0.3, -0.25) is 33.3 Å². The maximum atomic E-state index is 14.2. The molecule has 0 unspecified atom stereocenters. The number of hydrogen-bond donors (Lipinski definition) is 6. The number of aliphatic imine (C=N–C) groups is 1. The Morgan fingerprint density at radius 2 is 1.35 bits per heavy atom. The minimum absolute atomic E-state index is 0.0221. The summed E-state index contributed by atoms with van der Waals surface area (Å²) in [6.07, 6.45) is 3.25. The summed E-state index contributed by atoms with van der Waals surface area (Å²) in [5, 5.41) is 15.0. The first-order valence-corrected chi connectivity index (χ1v) is 30.2. The molecule has 5 aromatic rings. The molecule has 3 aliphatic rings. The number of carbonyl (C=O) groups excluding carboxylic acids is 4. The van der Waals surface area contributed by atoms with Crippen molar-refractivity contribution in [2.45, 2.75) is 57.0 Å². The van der Waals surface area contributed by atoms with Crippen LogP contribution in [0, 0.1) is 0 Å². The summed E-state index contributed by atoms with van der Waals surface area (Å²) in [5.74, 6) is -1.37. The Kier molecular flexibility index (Phi) is 21.6. The third kappa shape index (κ3) is 15.7. The molecule has 26 heteroatoms. The molecule has 24 nitrogen and oxygen atoms in total. The molecule has 0 bridgehead atoms. The third-order valence-corrected chi connectivity index (χ3v) is 15.7. The van der Waals surface area contributed by atoms with Crippen molar-refractivity contribution < 1.29 is 68.8 Å². The quantitative estimate of drug-likeness (QED) is 0.0209. The zero-order valence-electron chi connectivity index (χ0n) is 46.3. The third-order valence-electron chi connectivity index (χ3n) is 13.7. The summed E-state index contributed by atoms with van der Waals surface area (Å²) in [7, 11) is -9.83. The number of nitrogen functional groups attached to an aromatic ring is 1. The monoisotopic (exact) mass is 1190 g/mol. The lowest BCUT2D eigenvalue weighted by Gasteiger charge is -2.30. The minimum atomic E-state index is -4.92. The van der Waals surface area contributed by atoms with Crippen LogP contribution in [0.2, 0.25) is 0 Å². The Bertz CT molecular complexity index is 3600. The highest BCUT2D eigenvalue weighted by molar-refractivity contribution is 7.91. The van der Waals surface area contributed by atoms with Crippen LogP contribution in [0.25, 0.3) is 28.1 Å². The number of amides is 4. The van der Waals surface area contributed by atoms with Gasteiger partial charge < -0.3 is 50.7 Å². The van der Waals surface area contributed by atoms with Crippen molar-refractivity contribution >= 4 is 66.5 Å². The predicted molar refractivity (Wildman–Crippen MR) is 312 cm³/mol. The van der Waals surface area contributed by atoms with Crippen LogP contribution in [0.4, 0.5) is 11.4 Å². The number of nitrogens with zero attached hydrogens (tertiary/aromatic N) is 5. The number of hydrogen-bond acceptors (Lipinski definition) is 17. The number of allylic oxidation sites excluding steroid dienone is 5. The molecule has 2 heterocycles. The van der Waals surface area contributed by atoms with Crippen LogP contribution in [-0.2, 0) is 77.8 Å². The van der Waals surface area contributed by atoms with Crippen LogP contribution in [0.3, 0.4) is 0 Å². The Labute approximate surface area is 486 Å². The molecule has 84 heavy (non-hydrogen) atoms. The maximum absolute atomic E-state index is 14.2. The van der Waals surface area contributed by atoms with E-state index in [1.54, 1.807) is 52.9 Å². The fourth-order valence-electron chi connectivity index (χ4n) is 9.98. The molecule has 0 radical (unpaired) electrons. The standard InChI is InChI=1S/C58H67N9O15S2/c1-2-61-48-19-17-43-46(57(48)84(75,76)77)36-45-42(16-18-47(59)56(45)83(72,73)74)53(43)38-12-14-39(15-13-38)58(71)63-23-7-25-67-55-44-10-5-6-11-49(44)66(37-40-8-3-4-9-41(40)54(55)64-65-67)52(70)21-20-51(69)62-24-27-79-29-31-81-33-35-82-34-32-80-30-28-78-26-22-50(60)68/h3-6,8-19H,2,7,20-37,59H2,1H3,(H2,60,68)(H,62,69)(H,63,71)(H,72,73,74)(H,75,76,77). The topological polar surface area (TPSA) is 346 Å². The van der Waals surface area contributed by atoms with Crippen molar-refractivity contribution in [2.75, 3.05) is 96.3 Å². The Morgan fingerprint density at radius 3 is 2.00 bits per heavy atom. The zero-order chi connectivity index (χ0) is 59.8. The highest BCUT2D eigenvalue weighted by Crippen LogP contribution is 2.46. The van der Waals surface area contributed by atoms with E-state index in [9.17, 15) is 45.1 Å². The average Bonchev–Trinajstić information content (AvgIpc) is 1.67. The predicted octanol–water partition coefficient (Wildman–Crippen LogP) is 4.49. The molecule has 1 aliphatic heterocycles. The van der Waals surface area contributed by atoms with E-state index >= 15 is 0 Å².